The van der Waals surface area contributed by atoms with Crippen molar-refractivity contribution < 1.29 is 14.6 Å². The SMILES string of the molecule is CCN1C(=CC2C(O)C(c3c(F)[nH]n(-c4ccccc4)c3=O)C2O)C(Cc2ccccc2)(Cc2ccccc2)c2cc(C)ccc21. The van der Waals surface area contributed by atoms with Gasteiger partial charge in [-0.3, -0.25) is 9.89 Å². The topological polar surface area (TPSA) is 81.5 Å². The molecule has 5 aromatic rings. The number of halogens is 1. The molecule has 0 radical (unpaired) electrons. The van der Waals surface area contributed by atoms with E-state index in [1.54, 1.807) is 24.3 Å². The summed E-state index contributed by atoms with van der Waals surface area (Å²) < 4.78 is 16.4. The van der Waals surface area contributed by atoms with Crippen LogP contribution in [0.1, 0.15) is 40.7 Å². The Morgan fingerprint density at radius 3 is 1.98 bits per heavy atom. The Kier molecular flexibility index (Phi) is 7.75. The predicted octanol–water partition coefficient (Wildman–Crippen LogP) is 6.20. The third kappa shape index (κ3) is 4.91. The highest BCUT2D eigenvalue weighted by molar-refractivity contribution is 5.73. The number of aromatic nitrogens is 2. The van der Waals surface area contributed by atoms with Crippen LogP contribution in [-0.4, -0.2) is 38.7 Å². The number of nitrogens with zero attached hydrogens (tertiary/aromatic N) is 2. The molecule has 0 amide bonds. The number of fused-ring (bicyclic) bond motifs is 1. The van der Waals surface area contributed by atoms with Gasteiger partial charge in [-0.1, -0.05) is 103 Å². The zero-order valence-electron chi connectivity index (χ0n) is 26.0. The molecular formula is C39H38FN3O3. The molecule has 2 unspecified atom stereocenters. The number of likely N-dealkylation sites (N-methyl/N-ethyl adjacent to an activating group) is 1. The van der Waals surface area contributed by atoms with E-state index in [0.29, 0.717) is 25.1 Å². The van der Waals surface area contributed by atoms with Gasteiger partial charge in [-0.05, 0) is 61.6 Å². The molecular weight excluding hydrogens is 577 g/mol. The van der Waals surface area contributed by atoms with E-state index in [4.69, 9.17) is 0 Å². The van der Waals surface area contributed by atoms with Crippen molar-refractivity contribution in [1.29, 1.82) is 0 Å². The molecule has 0 saturated heterocycles. The molecule has 0 spiro atoms. The lowest BCUT2D eigenvalue weighted by atomic mass is 9.64. The van der Waals surface area contributed by atoms with Crippen molar-refractivity contribution in [2.75, 3.05) is 11.4 Å². The molecule has 1 fully saturated rings. The molecule has 1 aromatic heterocycles. The van der Waals surface area contributed by atoms with Gasteiger partial charge in [0, 0.05) is 35.2 Å². The van der Waals surface area contributed by atoms with E-state index >= 15 is 4.39 Å². The van der Waals surface area contributed by atoms with Gasteiger partial charge >= 0.3 is 0 Å². The third-order valence-electron chi connectivity index (χ3n) is 9.86. The van der Waals surface area contributed by atoms with Gasteiger partial charge in [0.15, 0.2) is 0 Å². The van der Waals surface area contributed by atoms with Crippen molar-refractivity contribution >= 4 is 5.69 Å². The fourth-order valence-electron chi connectivity index (χ4n) is 7.64. The van der Waals surface area contributed by atoms with E-state index in [2.05, 4.69) is 90.6 Å². The van der Waals surface area contributed by atoms with Crippen LogP contribution in [-0.2, 0) is 18.3 Å². The Balaban J connectivity index is 1.34. The highest BCUT2D eigenvalue weighted by Crippen LogP contribution is 2.54. The molecule has 1 saturated carbocycles. The van der Waals surface area contributed by atoms with Crippen molar-refractivity contribution in [3.63, 3.8) is 0 Å². The summed E-state index contributed by atoms with van der Waals surface area (Å²) in [5.74, 6) is -2.60. The first-order valence-corrected chi connectivity index (χ1v) is 15.9. The maximum Gasteiger partial charge on any atom is 0.278 e. The zero-order valence-corrected chi connectivity index (χ0v) is 26.0. The summed E-state index contributed by atoms with van der Waals surface area (Å²) >= 11 is 0. The van der Waals surface area contributed by atoms with E-state index < -0.39 is 41.0 Å². The van der Waals surface area contributed by atoms with Gasteiger partial charge in [-0.2, -0.15) is 4.39 Å². The van der Waals surface area contributed by atoms with E-state index in [1.165, 1.54) is 16.7 Å². The Morgan fingerprint density at radius 1 is 0.848 bits per heavy atom. The van der Waals surface area contributed by atoms with Gasteiger partial charge < -0.3 is 15.1 Å². The van der Waals surface area contributed by atoms with Crippen molar-refractivity contribution in [1.82, 2.24) is 9.78 Å². The summed E-state index contributed by atoms with van der Waals surface area (Å²) in [5, 5.41) is 25.7. The number of allylic oxidation sites excluding steroid dienone is 1. The molecule has 7 heteroatoms. The van der Waals surface area contributed by atoms with E-state index in [0.717, 1.165) is 21.6 Å². The Bertz CT molecular complexity index is 1880. The number of aliphatic hydroxyl groups excluding tert-OH is 2. The quantitative estimate of drug-likeness (QED) is 0.194. The van der Waals surface area contributed by atoms with Crippen molar-refractivity contribution in [2.45, 2.75) is 50.2 Å². The van der Waals surface area contributed by atoms with Crippen molar-refractivity contribution in [3.8, 4) is 5.69 Å². The Labute approximate surface area is 268 Å². The number of anilines is 1. The van der Waals surface area contributed by atoms with Gasteiger partial charge in [-0.25, -0.2) is 4.68 Å². The first kappa shape index (κ1) is 30.0. The zero-order chi connectivity index (χ0) is 32.0. The number of nitrogens with one attached hydrogen (secondary N) is 1. The molecule has 6 nitrogen and oxygen atoms in total. The smallest absolute Gasteiger partial charge is 0.278 e. The molecule has 46 heavy (non-hydrogen) atoms. The normalized spacial score (nSPS) is 22.5. The fraction of sp³-hybridized carbons (Fsp3) is 0.256. The summed E-state index contributed by atoms with van der Waals surface area (Å²) in [6.45, 7) is 4.89. The van der Waals surface area contributed by atoms with Crippen LogP contribution in [0, 0.1) is 18.8 Å². The molecule has 2 aliphatic rings. The van der Waals surface area contributed by atoms with Gasteiger partial charge in [0.05, 0.1) is 23.5 Å². The van der Waals surface area contributed by atoms with Gasteiger partial charge in [0.25, 0.3) is 5.56 Å². The van der Waals surface area contributed by atoms with Crippen LogP contribution >= 0.6 is 0 Å². The molecule has 234 valence electrons. The number of aryl methyl sites for hydroxylation is 1. The molecule has 4 aromatic carbocycles. The second kappa shape index (κ2) is 11.9. The van der Waals surface area contributed by atoms with Crippen molar-refractivity contribution in [2.24, 2.45) is 5.92 Å². The second-order valence-electron chi connectivity index (χ2n) is 12.6. The highest BCUT2D eigenvalue weighted by atomic mass is 19.1. The second-order valence-corrected chi connectivity index (χ2v) is 12.6. The minimum atomic E-state index is -1.15. The Hall–Kier alpha value is -4.72. The number of rotatable bonds is 8. The number of aromatic amines is 1. The summed E-state index contributed by atoms with van der Waals surface area (Å²) in [7, 11) is 0. The van der Waals surface area contributed by atoms with Crippen LogP contribution in [0.3, 0.4) is 0 Å². The summed E-state index contributed by atoms with van der Waals surface area (Å²) in [6.07, 6.45) is 1.10. The molecule has 3 N–H and O–H groups in total. The average molecular weight is 616 g/mol. The van der Waals surface area contributed by atoms with Crippen LogP contribution in [0.25, 0.3) is 5.69 Å². The lowest BCUT2D eigenvalue weighted by Crippen LogP contribution is -2.55. The largest absolute Gasteiger partial charge is 0.392 e. The molecule has 2 heterocycles. The number of para-hydroxylation sites is 1. The standard InChI is InChI=1S/C39H38FN3O3/c1-3-42-31-20-19-25(2)21-30(31)39(23-26-13-7-4-8-14-26,24-27-15-9-5-10-16-27)32(42)22-29-35(44)33(36(29)45)34-37(40)41-43(38(34)46)28-17-11-6-12-18-28/h4-22,29,33,35-36,41,44-45H,3,23-24H2,1-2H3. The van der Waals surface area contributed by atoms with Crippen LogP contribution in [0.4, 0.5) is 10.1 Å². The maximum atomic E-state index is 15.3. The molecule has 7 rings (SSSR count). The lowest BCUT2D eigenvalue weighted by molar-refractivity contribution is -0.0961. The molecule has 2 atom stereocenters. The number of hydrogen-bond donors (Lipinski definition) is 3. The summed E-state index contributed by atoms with van der Waals surface area (Å²) in [5.41, 5.74) is 5.95. The minimum Gasteiger partial charge on any atom is -0.392 e. The van der Waals surface area contributed by atoms with Crippen LogP contribution in [0.15, 0.2) is 126 Å². The van der Waals surface area contributed by atoms with Crippen LogP contribution in [0.5, 0.6) is 0 Å². The molecule has 0 bridgehead atoms. The fourth-order valence-corrected chi connectivity index (χ4v) is 7.64. The first-order valence-electron chi connectivity index (χ1n) is 15.9. The number of hydrogen-bond acceptors (Lipinski definition) is 4. The monoisotopic (exact) mass is 615 g/mol. The van der Waals surface area contributed by atoms with E-state index in [1.807, 2.05) is 24.3 Å². The minimum absolute atomic E-state index is 0.226. The lowest BCUT2D eigenvalue weighted by Gasteiger charge is -2.46. The van der Waals surface area contributed by atoms with E-state index in [-0.39, 0.29) is 5.56 Å². The van der Waals surface area contributed by atoms with E-state index in [9.17, 15) is 15.0 Å². The first-order chi connectivity index (χ1) is 22.3. The highest BCUT2D eigenvalue weighted by Gasteiger charge is 2.54. The molecule has 1 aliphatic carbocycles. The Morgan fingerprint density at radius 2 is 1.41 bits per heavy atom. The van der Waals surface area contributed by atoms with Crippen LogP contribution in [0.2, 0.25) is 0 Å². The predicted molar refractivity (Wildman–Crippen MR) is 179 cm³/mol. The maximum absolute atomic E-state index is 15.3. The van der Waals surface area contributed by atoms with Crippen molar-refractivity contribution in [3.05, 3.63) is 165 Å². The van der Waals surface area contributed by atoms with Crippen LogP contribution < -0.4 is 10.5 Å². The number of H-pyrrole nitrogens is 1. The summed E-state index contributed by atoms with van der Waals surface area (Å²) in [6, 6.07) is 36.1. The average Bonchev–Trinajstić information content (AvgIpc) is 3.50. The van der Waals surface area contributed by atoms with Gasteiger partial charge in [-0.15, -0.1) is 0 Å². The third-order valence-corrected chi connectivity index (χ3v) is 9.86. The van der Waals surface area contributed by atoms with Gasteiger partial charge in [0.1, 0.15) is 0 Å². The van der Waals surface area contributed by atoms with Gasteiger partial charge in [0.2, 0.25) is 5.95 Å². The number of benzene rings is 4. The molecule has 1 aliphatic heterocycles. The number of aliphatic hydroxyl groups is 2. The summed E-state index contributed by atoms with van der Waals surface area (Å²) in [4.78, 5) is 15.7.